The zero-order chi connectivity index (χ0) is 18.7. The van der Waals surface area contributed by atoms with Gasteiger partial charge in [-0.25, -0.2) is 0 Å². The van der Waals surface area contributed by atoms with Gasteiger partial charge in [-0.15, -0.1) is 0 Å². The highest BCUT2D eigenvalue weighted by atomic mass is 35.5. The summed E-state index contributed by atoms with van der Waals surface area (Å²) in [4.78, 5) is 25.9. The molecule has 0 saturated heterocycles. The van der Waals surface area contributed by atoms with Crippen molar-refractivity contribution >= 4 is 23.4 Å². The summed E-state index contributed by atoms with van der Waals surface area (Å²) < 4.78 is 5.56. The van der Waals surface area contributed by atoms with Gasteiger partial charge in [-0.2, -0.15) is 0 Å². The third kappa shape index (κ3) is 3.83. The van der Waals surface area contributed by atoms with E-state index in [1.165, 1.54) is 17.2 Å². The Balaban J connectivity index is 1.71. The molecule has 0 heterocycles. The number of amides is 2. The van der Waals surface area contributed by atoms with Gasteiger partial charge < -0.3 is 15.4 Å². The van der Waals surface area contributed by atoms with Gasteiger partial charge in [0.1, 0.15) is 5.75 Å². The number of carbonyl (C=O) groups is 2. The van der Waals surface area contributed by atoms with Crippen molar-refractivity contribution in [3.05, 3.63) is 64.2 Å². The van der Waals surface area contributed by atoms with Crippen LogP contribution in [0.4, 0.5) is 0 Å². The summed E-state index contributed by atoms with van der Waals surface area (Å²) in [6.07, 6.45) is 3.01. The first kappa shape index (κ1) is 18.3. The summed E-state index contributed by atoms with van der Waals surface area (Å²) in [5.41, 5.74) is 7.99. The number of likely N-dealkylation sites (N-methyl/N-ethyl adjacent to an activating group) is 1. The van der Waals surface area contributed by atoms with Crippen LogP contribution in [0.2, 0.25) is 5.02 Å². The lowest BCUT2D eigenvalue weighted by Gasteiger charge is -2.33. The molecule has 0 aromatic heterocycles. The summed E-state index contributed by atoms with van der Waals surface area (Å²) in [5.74, 6) is -0.547. The number of halogens is 1. The van der Waals surface area contributed by atoms with Crippen molar-refractivity contribution in [2.24, 2.45) is 5.73 Å². The third-order valence-corrected chi connectivity index (χ3v) is 4.99. The van der Waals surface area contributed by atoms with Crippen LogP contribution in [-0.4, -0.2) is 30.4 Å². The lowest BCUT2D eigenvalue weighted by molar-refractivity contribution is -0.134. The van der Waals surface area contributed by atoms with Gasteiger partial charge in [0.05, 0.1) is 11.6 Å². The molecule has 0 aliphatic heterocycles. The Morgan fingerprint density at radius 3 is 2.81 bits per heavy atom. The van der Waals surface area contributed by atoms with Crippen LogP contribution < -0.4 is 10.5 Å². The molecule has 1 aliphatic carbocycles. The highest BCUT2D eigenvalue weighted by Crippen LogP contribution is 2.33. The molecule has 2 aromatic rings. The Labute approximate surface area is 157 Å². The molecule has 136 valence electrons. The van der Waals surface area contributed by atoms with E-state index in [0.29, 0.717) is 5.02 Å². The van der Waals surface area contributed by atoms with Crippen LogP contribution in [0.25, 0.3) is 0 Å². The second kappa shape index (κ2) is 7.79. The predicted octanol–water partition coefficient (Wildman–Crippen LogP) is 3.35. The maximum Gasteiger partial charge on any atom is 0.260 e. The van der Waals surface area contributed by atoms with Gasteiger partial charge in [0, 0.05) is 12.1 Å². The SMILES string of the molecule is CN(C(=O)COc1ccc(Cl)cc1C(N)=O)C1CCCc2ccccc21. The number of fused-ring (bicyclic) bond motifs is 1. The van der Waals surface area contributed by atoms with Crippen molar-refractivity contribution in [3.63, 3.8) is 0 Å². The van der Waals surface area contributed by atoms with Gasteiger partial charge in [0.25, 0.3) is 11.8 Å². The molecule has 0 radical (unpaired) electrons. The minimum atomic E-state index is -0.649. The number of nitrogens with zero attached hydrogens (tertiary/aromatic N) is 1. The Morgan fingerprint density at radius 1 is 1.27 bits per heavy atom. The Morgan fingerprint density at radius 2 is 2.04 bits per heavy atom. The molecule has 0 fully saturated rings. The first-order valence-electron chi connectivity index (χ1n) is 8.53. The van der Waals surface area contributed by atoms with Crippen LogP contribution in [0.3, 0.4) is 0 Å². The maximum absolute atomic E-state index is 12.6. The van der Waals surface area contributed by atoms with E-state index < -0.39 is 5.91 Å². The highest BCUT2D eigenvalue weighted by Gasteiger charge is 2.26. The number of carbonyl (C=O) groups excluding carboxylic acids is 2. The Bertz CT molecular complexity index is 838. The standard InChI is InChI=1S/C20H21ClN2O3/c1-23(17-8-4-6-13-5-2-3-7-15(13)17)19(24)12-26-18-10-9-14(21)11-16(18)20(22)25/h2-3,5,7,9-11,17H,4,6,8,12H2,1H3,(H2,22,25). The molecule has 1 aliphatic rings. The van der Waals surface area contributed by atoms with Crippen molar-refractivity contribution in [2.45, 2.75) is 25.3 Å². The number of nitrogens with two attached hydrogens (primary N) is 1. The smallest absolute Gasteiger partial charge is 0.260 e. The number of hydrogen-bond donors (Lipinski definition) is 1. The molecule has 1 atom stereocenters. The monoisotopic (exact) mass is 372 g/mol. The molecule has 6 heteroatoms. The number of hydrogen-bond acceptors (Lipinski definition) is 3. The van der Waals surface area contributed by atoms with E-state index in [1.807, 2.05) is 12.1 Å². The van der Waals surface area contributed by atoms with Gasteiger partial charge in [-0.05, 0) is 48.6 Å². The van der Waals surface area contributed by atoms with Crippen LogP contribution in [0.15, 0.2) is 42.5 Å². The minimum Gasteiger partial charge on any atom is -0.483 e. The molecule has 0 bridgehead atoms. The molecule has 1 unspecified atom stereocenters. The van der Waals surface area contributed by atoms with E-state index in [2.05, 4.69) is 12.1 Å². The van der Waals surface area contributed by atoms with Crippen LogP contribution >= 0.6 is 11.6 Å². The average Bonchev–Trinajstić information content (AvgIpc) is 2.65. The molecule has 0 spiro atoms. The quantitative estimate of drug-likeness (QED) is 0.874. The fraction of sp³-hybridized carbons (Fsp3) is 0.300. The van der Waals surface area contributed by atoms with E-state index in [4.69, 9.17) is 22.1 Å². The maximum atomic E-state index is 12.6. The lowest BCUT2D eigenvalue weighted by atomic mass is 9.87. The van der Waals surface area contributed by atoms with E-state index in [0.717, 1.165) is 19.3 Å². The van der Waals surface area contributed by atoms with E-state index in [-0.39, 0.29) is 29.9 Å². The fourth-order valence-corrected chi connectivity index (χ4v) is 3.54. The number of benzene rings is 2. The van der Waals surface area contributed by atoms with Crippen molar-refractivity contribution < 1.29 is 14.3 Å². The number of primary amides is 1. The number of ether oxygens (including phenoxy) is 1. The first-order valence-corrected chi connectivity index (χ1v) is 8.91. The highest BCUT2D eigenvalue weighted by molar-refractivity contribution is 6.31. The fourth-order valence-electron chi connectivity index (χ4n) is 3.37. The van der Waals surface area contributed by atoms with Gasteiger partial charge >= 0.3 is 0 Å². The molecule has 0 saturated carbocycles. The second-order valence-corrected chi connectivity index (χ2v) is 6.84. The van der Waals surface area contributed by atoms with Gasteiger partial charge in [0.2, 0.25) is 0 Å². The molecule has 3 rings (SSSR count). The van der Waals surface area contributed by atoms with E-state index >= 15 is 0 Å². The third-order valence-electron chi connectivity index (χ3n) is 4.76. The topological polar surface area (TPSA) is 72.6 Å². The molecular formula is C20H21ClN2O3. The Hall–Kier alpha value is -2.53. The summed E-state index contributed by atoms with van der Waals surface area (Å²) in [6.45, 7) is -0.170. The molecule has 26 heavy (non-hydrogen) atoms. The minimum absolute atomic E-state index is 0.0388. The summed E-state index contributed by atoms with van der Waals surface area (Å²) >= 11 is 5.88. The van der Waals surface area contributed by atoms with E-state index in [1.54, 1.807) is 24.1 Å². The summed E-state index contributed by atoms with van der Waals surface area (Å²) in [7, 11) is 1.79. The number of rotatable bonds is 5. The normalized spacial score (nSPS) is 15.8. The molecule has 5 nitrogen and oxygen atoms in total. The first-order chi connectivity index (χ1) is 12.5. The zero-order valence-electron chi connectivity index (χ0n) is 14.6. The van der Waals surface area contributed by atoms with Gasteiger partial charge in [0.15, 0.2) is 6.61 Å². The average molecular weight is 373 g/mol. The molecule has 2 aromatic carbocycles. The van der Waals surface area contributed by atoms with Gasteiger partial charge in [-0.1, -0.05) is 35.9 Å². The predicted molar refractivity (Wildman–Crippen MR) is 100 cm³/mol. The van der Waals surface area contributed by atoms with Crippen molar-refractivity contribution in [1.29, 1.82) is 0 Å². The van der Waals surface area contributed by atoms with E-state index in [9.17, 15) is 9.59 Å². The summed E-state index contributed by atoms with van der Waals surface area (Å²) in [5, 5.41) is 0.383. The Kier molecular flexibility index (Phi) is 5.47. The van der Waals surface area contributed by atoms with Crippen molar-refractivity contribution in [3.8, 4) is 5.75 Å². The largest absolute Gasteiger partial charge is 0.483 e. The van der Waals surface area contributed by atoms with Crippen LogP contribution in [0.5, 0.6) is 5.75 Å². The van der Waals surface area contributed by atoms with Crippen molar-refractivity contribution in [1.82, 2.24) is 4.90 Å². The molecular weight excluding hydrogens is 352 g/mol. The van der Waals surface area contributed by atoms with Crippen LogP contribution in [0, 0.1) is 0 Å². The second-order valence-electron chi connectivity index (χ2n) is 6.40. The van der Waals surface area contributed by atoms with Crippen LogP contribution in [0.1, 0.15) is 40.4 Å². The number of aryl methyl sites for hydroxylation is 1. The van der Waals surface area contributed by atoms with Gasteiger partial charge in [-0.3, -0.25) is 9.59 Å². The van der Waals surface area contributed by atoms with Crippen molar-refractivity contribution in [2.75, 3.05) is 13.7 Å². The lowest BCUT2D eigenvalue weighted by Crippen LogP contribution is -2.36. The molecule has 2 N–H and O–H groups in total. The van der Waals surface area contributed by atoms with Crippen LogP contribution in [-0.2, 0) is 11.2 Å². The summed E-state index contributed by atoms with van der Waals surface area (Å²) in [6, 6.07) is 12.8. The molecule has 2 amide bonds. The zero-order valence-corrected chi connectivity index (χ0v) is 15.3.